The van der Waals surface area contributed by atoms with E-state index in [0.29, 0.717) is 5.92 Å². The summed E-state index contributed by atoms with van der Waals surface area (Å²) in [5.74, 6) is -1.66. The molecule has 0 aliphatic heterocycles. The predicted molar refractivity (Wildman–Crippen MR) is 115 cm³/mol. The number of unbranched alkanes of at least 4 members (excludes halogenated alkanes) is 2. The summed E-state index contributed by atoms with van der Waals surface area (Å²) >= 11 is 0. The van der Waals surface area contributed by atoms with Gasteiger partial charge >= 0.3 is 17.9 Å². The molecule has 7 heteroatoms. The van der Waals surface area contributed by atoms with Gasteiger partial charge in [0.2, 0.25) is 6.10 Å². The Morgan fingerprint density at radius 2 is 1.58 bits per heavy atom. The van der Waals surface area contributed by atoms with Gasteiger partial charge in [-0.3, -0.25) is 0 Å². The minimum Gasteiger partial charge on any atom is -0.467 e. The van der Waals surface area contributed by atoms with Gasteiger partial charge in [0, 0.05) is 0 Å². The summed E-state index contributed by atoms with van der Waals surface area (Å²) in [6, 6.07) is 7.10. The second-order valence-corrected chi connectivity index (χ2v) is 8.15. The first kappa shape index (κ1) is 24.9. The third kappa shape index (κ3) is 7.06. The van der Waals surface area contributed by atoms with Crippen LogP contribution in [0.4, 0.5) is 0 Å². The number of rotatable bonds is 10. The van der Waals surface area contributed by atoms with Crippen molar-refractivity contribution in [2.45, 2.75) is 76.4 Å². The molecule has 1 saturated carbocycles. The van der Waals surface area contributed by atoms with Crippen LogP contribution in [0.3, 0.4) is 0 Å². The lowest BCUT2D eigenvalue weighted by Crippen LogP contribution is -2.44. The smallest absolute Gasteiger partial charge is 0.350 e. The quantitative estimate of drug-likeness (QED) is 0.340. The van der Waals surface area contributed by atoms with E-state index in [1.54, 1.807) is 12.1 Å². The molecule has 31 heavy (non-hydrogen) atoms. The molecule has 1 aromatic carbocycles. The number of ether oxygens (including phenoxy) is 3. The number of aliphatic hydroxyl groups excluding tert-OH is 1. The zero-order valence-corrected chi connectivity index (χ0v) is 18.7. The van der Waals surface area contributed by atoms with Gasteiger partial charge < -0.3 is 19.3 Å². The minimum atomic E-state index is -1.96. The number of carbonyl (C=O) groups is 3. The zero-order valence-electron chi connectivity index (χ0n) is 18.7. The molecule has 1 aromatic rings. The fourth-order valence-electron chi connectivity index (χ4n) is 4.14. The molecule has 0 heterocycles. The van der Waals surface area contributed by atoms with Crippen molar-refractivity contribution in [3.05, 3.63) is 35.4 Å². The van der Waals surface area contributed by atoms with E-state index in [4.69, 9.17) is 4.74 Å². The number of benzene rings is 1. The maximum atomic E-state index is 12.5. The van der Waals surface area contributed by atoms with E-state index in [1.807, 2.05) is 12.1 Å². The van der Waals surface area contributed by atoms with Gasteiger partial charge in [0.1, 0.15) is 0 Å². The van der Waals surface area contributed by atoms with E-state index >= 15 is 0 Å². The first-order chi connectivity index (χ1) is 14.9. The largest absolute Gasteiger partial charge is 0.467 e. The summed E-state index contributed by atoms with van der Waals surface area (Å²) in [5.41, 5.74) is 1.41. The van der Waals surface area contributed by atoms with E-state index in [-0.39, 0.29) is 5.56 Å². The summed E-state index contributed by atoms with van der Waals surface area (Å²) in [6.07, 6.45) is 6.23. The van der Waals surface area contributed by atoms with E-state index < -0.39 is 30.1 Å². The highest BCUT2D eigenvalue weighted by Gasteiger charge is 2.37. The highest BCUT2D eigenvalue weighted by molar-refractivity contribution is 5.93. The fourth-order valence-corrected chi connectivity index (χ4v) is 4.14. The molecule has 2 atom stereocenters. The first-order valence-electron chi connectivity index (χ1n) is 11.1. The normalized spacial score (nSPS) is 20.4. The lowest BCUT2D eigenvalue weighted by molar-refractivity contribution is -0.170. The maximum Gasteiger partial charge on any atom is 0.350 e. The molecule has 0 unspecified atom stereocenters. The molecule has 1 N–H and O–H groups in total. The highest BCUT2D eigenvalue weighted by Crippen LogP contribution is 2.37. The molecule has 172 valence electrons. The summed E-state index contributed by atoms with van der Waals surface area (Å²) in [7, 11) is 2.12. The average molecular weight is 435 g/mol. The molecule has 0 radical (unpaired) electrons. The maximum absolute atomic E-state index is 12.5. The van der Waals surface area contributed by atoms with Crippen LogP contribution in [0.2, 0.25) is 0 Å². The molecular weight excluding hydrogens is 400 g/mol. The van der Waals surface area contributed by atoms with Gasteiger partial charge in [0.25, 0.3) is 0 Å². The van der Waals surface area contributed by atoms with Crippen molar-refractivity contribution in [2.75, 3.05) is 14.2 Å². The Hall–Kier alpha value is -2.41. The molecule has 1 fully saturated rings. The molecule has 0 amide bonds. The van der Waals surface area contributed by atoms with Crippen LogP contribution in [0.1, 0.15) is 80.1 Å². The van der Waals surface area contributed by atoms with Crippen LogP contribution in [0.5, 0.6) is 0 Å². The second kappa shape index (κ2) is 12.4. The fraction of sp³-hybridized carbons (Fsp3) is 0.625. The van der Waals surface area contributed by atoms with E-state index in [1.165, 1.54) is 44.1 Å². The number of hydrogen-bond donors (Lipinski definition) is 1. The summed E-state index contributed by atoms with van der Waals surface area (Å²) in [5, 5.41) is 9.93. The van der Waals surface area contributed by atoms with Gasteiger partial charge in [-0.1, -0.05) is 44.7 Å². The van der Waals surface area contributed by atoms with Crippen LogP contribution in [-0.2, 0) is 23.8 Å². The third-order valence-electron chi connectivity index (χ3n) is 6.08. The van der Waals surface area contributed by atoms with Crippen molar-refractivity contribution in [2.24, 2.45) is 5.92 Å². The number of esters is 3. The molecule has 0 bridgehead atoms. The molecule has 0 aromatic heterocycles. The van der Waals surface area contributed by atoms with Crippen molar-refractivity contribution >= 4 is 17.9 Å². The number of hydrogen-bond acceptors (Lipinski definition) is 7. The lowest BCUT2D eigenvalue weighted by Gasteiger charge is -2.29. The molecule has 2 rings (SSSR count). The zero-order chi connectivity index (χ0) is 22.8. The predicted octanol–water partition coefficient (Wildman–Crippen LogP) is 3.77. The standard InChI is InChI=1S/C24H34O7/c1-4-5-6-7-16-8-10-17(11-9-16)18-12-14-19(15-13-18)22(26)31-21(24(28)30-3)20(25)23(27)29-2/h12-17,20-21,25H,4-11H2,1-3H3/t16?,17?,20-,21-/m1/s1. The minimum absolute atomic E-state index is 0.225. The Labute approximate surface area is 184 Å². The van der Waals surface area contributed by atoms with Crippen LogP contribution in [0.25, 0.3) is 0 Å². The van der Waals surface area contributed by atoms with Crippen LogP contribution in [0, 0.1) is 5.92 Å². The summed E-state index contributed by atoms with van der Waals surface area (Å²) in [6.45, 7) is 2.23. The van der Waals surface area contributed by atoms with E-state index in [9.17, 15) is 19.5 Å². The molecule has 7 nitrogen and oxygen atoms in total. The van der Waals surface area contributed by atoms with Crippen molar-refractivity contribution in [1.82, 2.24) is 0 Å². The Kier molecular flexibility index (Phi) is 9.98. The molecule has 0 saturated heterocycles. The summed E-state index contributed by atoms with van der Waals surface area (Å²) < 4.78 is 14.0. The number of aliphatic hydroxyl groups is 1. The number of methoxy groups -OCH3 is 2. The Morgan fingerprint density at radius 3 is 2.13 bits per heavy atom. The van der Waals surface area contributed by atoms with E-state index in [2.05, 4.69) is 16.4 Å². The van der Waals surface area contributed by atoms with E-state index in [0.717, 1.165) is 33.0 Å². The van der Waals surface area contributed by atoms with Crippen LogP contribution >= 0.6 is 0 Å². The average Bonchev–Trinajstić information content (AvgIpc) is 2.81. The monoisotopic (exact) mass is 434 g/mol. The Bertz CT molecular complexity index is 720. The van der Waals surface area contributed by atoms with Crippen molar-refractivity contribution in [1.29, 1.82) is 0 Å². The van der Waals surface area contributed by atoms with Crippen LogP contribution in [0.15, 0.2) is 24.3 Å². The Balaban J connectivity index is 1.95. The van der Waals surface area contributed by atoms with Crippen molar-refractivity contribution in [3.8, 4) is 0 Å². The number of carbonyl (C=O) groups excluding carboxylic acids is 3. The van der Waals surface area contributed by atoms with Crippen molar-refractivity contribution in [3.63, 3.8) is 0 Å². The van der Waals surface area contributed by atoms with Gasteiger partial charge in [-0.15, -0.1) is 0 Å². The SMILES string of the molecule is CCCCCC1CCC(c2ccc(C(=O)O[C@@H](C(=O)OC)[C@@H](O)C(=O)OC)cc2)CC1. The topological polar surface area (TPSA) is 99.1 Å². The van der Waals surface area contributed by atoms with Gasteiger partial charge in [0.05, 0.1) is 19.8 Å². The van der Waals surface area contributed by atoms with Crippen LogP contribution < -0.4 is 0 Å². The van der Waals surface area contributed by atoms with Gasteiger partial charge in [-0.25, -0.2) is 14.4 Å². The van der Waals surface area contributed by atoms with Gasteiger partial charge in [-0.05, 0) is 55.2 Å². The second-order valence-electron chi connectivity index (χ2n) is 8.15. The van der Waals surface area contributed by atoms with Gasteiger partial charge in [-0.2, -0.15) is 0 Å². The Morgan fingerprint density at radius 1 is 0.968 bits per heavy atom. The lowest BCUT2D eigenvalue weighted by atomic mass is 9.77. The van der Waals surface area contributed by atoms with Gasteiger partial charge in [0.15, 0.2) is 6.10 Å². The molecule has 1 aliphatic carbocycles. The third-order valence-corrected chi connectivity index (χ3v) is 6.08. The van der Waals surface area contributed by atoms with Crippen LogP contribution in [-0.4, -0.2) is 49.4 Å². The summed E-state index contributed by atoms with van der Waals surface area (Å²) in [4.78, 5) is 35.8. The first-order valence-corrected chi connectivity index (χ1v) is 11.1. The van der Waals surface area contributed by atoms with Crippen molar-refractivity contribution < 1.29 is 33.7 Å². The molecule has 0 spiro atoms. The highest BCUT2D eigenvalue weighted by atomic mass is 16.6. The molecule has 1 aliphatic rings. The molecular formula is C24H34O7.